The van der Waals surface area contributed by atoms with Crippen LogP contribution < -0.4 is 5.32 Å². The molecule has 2 heterocycles. The van der Waals surface area contributed by atoms with Gasteiger partial charge in [0.15, 0.2) is 0 Å². The average molecular weight is 321 g/mol. The van der Waals surface area contributed by atoms with E-state index in [1.54, 1.807) is 0 Å². The second-order valence-corrected chi connectivity index (χ2v) is 5.64. The molecule has 0 bridgehead atoms. The third-order valence-electron chi connectivity index (χ3n) is 3.81. The molecule has 1 saturated heterocycles. The number of aromatic nitrogens is 2. The molecule has 5 nitrogen and oxygen atoms in total. The summed E-state index contributed by atoms with van der Waals surface area (Å²) in [5.74, 6) is 0.0224. The van der Waals surface area contributed by atoms with Gasteiger partial charge < -0.3 is 10.2 Å². The number of halogens is 1. The van der Waals surface area contributed by atoms with Gasteiger partial charge in [-0.1, -0.05) is 29.8 Å². The fraction of sp³-hybridized carbons (Fsp3) is 0.375. The highest BCUT2D eigenvalue weighted by molar-refractivity contribution is 5.93. The van der Waals surface area contributed by atoms with Crippen LogP contribution in [-0.4, -0.2) is 46.7 Å². The van der Waals surface area contributed by atoms with Crippen molar-refractivity contribution in [3.8, 4) is 11.3 Å². The van der Waals surface area contributed by atoms with Crippen LogP contribution in [0.4, 0.5) is 0 Å². The van der Waals surface area contributed by atoms with Crippen LogP contribution in [-0.2, 0) is 0 Å². The highest BCUT2D eigenvalue weighted by atomic mass is 35.5. The lowest BCUT2D eigenvalue weighted by Gasteiger charge is -2.31. The maximum absolute atomic E-state index is 12.5. The summed E-state index contributed by atoms with van der Waals surface area (Å²) in [5.41, 5.74) is 3.59. The molecule has 0 spiro atoms. The topological polar surface area (TPSA) is 61.0 Å². The van der Waals surface area contributed by atoms with E-state index in [4.69, 9.17) is 0 Å². The fourth-order valence-electron chi connectivity index (χ4n) is 2.59. The number of amides is 1. The predicted molar refractivity (Wildman–Crippen MR) is 89.4 cm³/mol. The van der Waals surface area contributed by atoms with Crippen molar-refractivity contribution in [3.05, 3.63) is 41.6 Å². The monoisotopic (exact) mass is 320 g/mol. The molecule has 0 saturated carbocycles. The van der Waals surface area contributed by atoms with Crippen molar-refractivity contribution < 1.29 is 4.79 Å². The number of rotatable bonds is 2. The normalized spacial score (nSPS) is 17.9. The molecule has 118 valence electrons. The van der Waals surface area contributed by atoms with Crippen LogP contribution in [0.2, 0.25) is 0 Å². The summed E-state index contributed by atoms with van der Waals surface area (Å²) >= 11 is 0. The van der Waals surface area contributed by atoms with Gasteiger partial charge in [-0.25, -0.2) is 0 Å². The van der Waals surface area contributed by atoms with E-state index in [1.807, 2.05) is 35.2 Å². The number of hydrogen-bond donors (Lipinski definition) is 2. The quantitative estimate of drug-likeness (QED) is 0.892. The first-order chi connectivity index (χ1) is 10.1. The molecule has 1 fully saturated rings. The van der Waals surface area contributed by atoms with E-state index in [-0.39, 0.29) is 18.3 Å². The first kappa shape index (κ1) is 16.5. The van der Waals surface area contributed by atoms with Crippen LogP contribution in [0, 0.1) is 6.92 Å². The van der Waals surface area contributed by atoms with Gasteiger partial charge in [-0.3, -0.25) is 9.89 Å². The van der Waals surface area contributed by atoms with Crippen LogP contribution in [0.1, 0.15) is 23.0 Å². The van der Waals surface area contributed by atoms with Crippen LogP contribution in [0.3, 0.4) is 0 Å². The summed E-state index contributed by atoms with van der Waals surface area (Å²) in [4.78, 5) is 14.3. The van der Waals surface area contributed by atoms with E-state index in [0.29, 0.717) is 11.7 Å². The van der Waals surface area contributed by atoms with E-state index in [1.165, 1.54) is 5.56 Å². The third kappa shape index (κ3) is 3.48. The fourth-order valence-corrected chi connectivity index (χ4v) is 2.59. The van der Waals surface area contributed by atoms with Crippen molar-refractivity contribution in [1.29, 1.82) is 0 Å². The summed E-state index contributed by atoms with van der Waals surface area (Å²) in [6.07, 6.45) is 0. The Bertz CT molecular complexity index is 638. The van der Waals surface area contributed by atoms with Gasteiger partial charge in [-0.15, -0.1) is 12.4 Å². The summed E-state index contributed by atoms with van der Waals surface area (Å²) in [5, 5.41) is 10.5. The van der Waals surface area contributed by atoms with E-state index in [0.717, 1.165) is 30.9 Å². The molecule has 1 unspecified atom stereocenters. The molecule has 0 aliphatic carbocycles. The molecular formula is C16H21ClN4O. The van der Waals surface area contributed by atoms with Gasteiger partial charge in [-0.2, -0.15) is 5.10 Å². The number of carbonyl (C=O) groups excluding carboxylic acids is 1. The molecule has 1 aliphatic rings. The lowest BCUT2D eigenvalue weighted by atomic mass is 10.1. The van der Waals surface area contributed by atoms with Crippen LogP contribution in [0.5, 0.6) is 0 Å². The van der Waals surface area contributed by atoms with E-state index in [2.05, 4.69) is 29.4 Å². The number of H-pyrrole nitrogens is 1. The zero-order valence-corrected chi connectivity index (χ0v) is 13.6. The standard InChI is InChI=1S/C16H20N4O.ClH/c1-11-3-5-13(6-4-11)14-9-15(19-18-14)16(21)20-8-7-17-12(2)10-20;/h3-6,9,12,17H,7-8,10H2,1-2H3,(H,18,19);1H. The number of nitrogens with zero attached hydrogens (tertiary/aromatic N) is 2. The number of benzene rings is 1. The summed E-state index contributed by atoms with van der Waals surface area (Å²) in [7, 11) is 0. The van der Waals surface area contributed by atoms with Gasteiger partial charge >= 0.3 is 0 Å². The number of nitrogens with one attached hydrogen (secondary N) is 2. The van der Waals surface area contributed by atoms with Crippen LogP contribution in [0.15, 0.2) is 30.3 Å². The highest BCUT2D eigenvalue weighted by Crippen LogP contribution is 2.19. The van der Waals surface area contributed by atoms with E-state index in [9.17, 15) is 4.79 Å². The number of hydrogen-bond acceptors (Lipinski definition) is 3. The van der Waals surface area contributed by atoms with E-state index < -0.39 is 0 Å². The van der Waals surface area contributed by atoms with Gasteiger partial charge in [0.2, 0.25) is 0 Å². The Morgan fingerprint density at radius 3 is 2.73 bits per heavy atom. The van der Waals surface area contributed by atoms with Crippen molar-refractivity contribution in [1.82, 2.24) is 20.4 Å². The Morgan fingerprint density at radius 2 is 2.05 bits per heavy atom. The maximum Gasteiger partial charge on any atom is 0.271 e. The van der Waals surface area contributed by atoms with Crippen LogP contribution >= 0.6 is 12.4 Å². The number of carbonyl (C=O) groups is 1. The molecular weight excluding hydrogens is 300 g/mol. The predicted octanol–water partition coefficient (Wildman–Crippen LogP) is 2.24. The Morgan fingerprint density at radius 1 is 1.32 bits per heavy atom. The van der Waals surface area contributed by atoms with Gasteiger partial charge in [0.25, 0.3) is 5.91 Å². The number of aromatic amines is 1. The third-order valence-corrected chi connectivity index (χ3v) is 3.81. The molecule has 6 heteroatoms. The summed E-state index contributed by atoms with van der Waals surface area (Å²) in [6, 6.07) is 10.3. The van der Waals surface area contributed by atoms with Gasteiger partial charge in [0, 0.05) is 31.2 Å². The van der Waals surface area contributed by atoms with Gasteiger partial charge in [0.1, 0.15) is 5.69 Å². The second-order valence-electron chi connectivity index (χ2n) is 5.64. The van der Waals surface area contributed by atoms with Gasteiger partial charge in [0.05, 0.1) is 5.69 Å². The lowest BCUT2D eigenvalue weighted by molar-refractivity contribution is 0.0703. The molecule has 1 aromatic carbocycles. The Hall–Kier alpha value is -1.85. The molecule has 2 aromatic rings. The van der Waals surface area contributed by atoms with Crippen molar-refractivity contribution in [3.63, 3.8) is 0 Å². The minimum atomic E-state index is 0. The molecule has 1 amide bonds. The zero-order valence-electron chi connectivity index (χ0n) is 12.8. The van der Waals surface area contributed by atoms with Crippen molar-refractivity contribution >= 4 is 18.3 Å². The van der Waals surface area contributed by atoms with E-state index >= 15 is 0 Å². The minimum Gasteiger partial charge on any atom is -0.335 e. The van der Waals surface area contributed by atoms with Crippen molar-refractivity contribution in [2.45, 2.75) is 19.9 Å². The molecule has 2 N–H and O–H groups in total. The summed E-state index contributed by atoms with van der Waals surface area (Å²) in [6.45, 7) is 6.45. The van der Waals surface area contributed by atoms with Crippen molar-refractivity contribution in [2.75, 3.05) is 19.6 Å². The number of aryl methyl sites for hydroxylation is 1. The molecule has 0 radical (unpaired) electrons. The SMILES string of the molecule is Cc1ccc(-c2cc(C(=O)N3CCNC(C)C3)[nH]n2)cc1.Cl. The smallest absolute Gasteiger partial charge is 0.271 e. The second kappa shape index (κ2) is 6.94. The maximum atomic E-state index is 12.5. The first-order valence-corrected chi connectivity index (χ1v) is 7.28. The van der Waals surface area contributed by atoms with Crippen molar-refractivity contribution in [2.24, 2.45) is 0 Å². The highest BCUT2D eigenvalue weighted by Gasteiger charge is 2.23. The Labute approximate surface area is 136 Å². The lowest BCUT2D eigenvalue weighted by Crippen LogP contribution is -2.51. The summed E-state index contributed by atoms with van der Waals surface area (Å²) < 4.78 is 0. The molecule has 1 aliphatic heterocycles. The Kier molecular flexibility index (Phi) is 5.21. The average Bonchev–Trinajstić information content (AvgIpc) is 2.97. The molecule has 1 atom stereocenters. The largest absolute Gasteiger partial charge is 0.335 e. The Balaban J connectivity index is 0.00000176. The minimum absolute atomic E-state index is 0. The molecule has 3 rings (SSSR count). The zero-order chi connectivity index (χ0) is 14.8. The van der Waals surface area contributed by atoms with Crippen LogP contribution in [0.25, 0.3) is 11.3 Å². The molecule has 1 aromatic heterocycles. The molecule has 22 heavy (non-hydrogen) atoms. The van der Waals surface area contributed by atoms with Gasteiger partial charge in [-0.05, 0) is 19.9 Å². The first-order valence-electron chi connectivity index (χ1n) is 7.28. The number of piperazine rings is 1.